The van der Waals surface area contributed by atoms with Crippen LogP contribution in [0.2, 0.25) is 5.02 Å². The molecule has 0 bridgehead atoms. The molecule has 0 fully saturated rings. The van der Waals surface area contributed by atoms with Gasteiger partial charge in [-0.05, 0) is 54.6 Å². The van der Waals surface area contributed by atoms with Gasteiger partial charge >= 0.3 is 0 Å². The number of methoxy groups -OCH3 is 1. The number of thioether (sulfide) groups is 1. The Labute approximate surface area is 177 Å². The van der Waals surface area contributed by atoms with Crippen LogP contribution in [0, 0.1) is 0 Å². The minimum Gasteiger partial charge on any atom is -0.496 e. The molecule has 29 heavy (non-hydrogen) atoms. The quantitative estimate of drug-likeness (QED) is 0.517. The highest BCUT2D eigenvalue weighted by atomic mass is 35.5. The number of halogens is 1. The number of rotatable bonds is 6. The van der Waals surface area contributed by atoms with E-state index in [-0.39, 0.29) is 12.7 Å². The lowest BCUT2D eigenvalue weighted by Gasteiger charge is -2.11. The molecular formula is C22H18ClNO4S. The van der Waals surface area contributed by atoms with Crippen molar-refractivity contribution in [3.05, 3.63) is 76.8 Å². The standard InChI is InChI=1S/C22H18ClNO4S/c1-26-19-8-2-14(10-15(19)12-29-18-6-3-16(23)4-7-18)22(25)24-17-5-9-20-21(11-17)28-13-27-20/h2-11H,12-13H2,1H3,(H,24,25). The fourth-order valence-corrected chi connectivity index (χ4v) is 3.90. The van der Waals surface area contributed by atoms with E-state index in [1.54, 1.807) is 43.1 Å². The van der Waals surface area contributed by atoms with Crippen molar-refractivity contribution in [3.8, 4) is 17.2 Å². The maximum Gasteiger partial charge on any atom is 0.255 e. The normalized spacial score (nSPS) is 11.9. The summed E-state index contributed by atoms with van der Waals surface area (Å²) < 4.78 is 16.1. The van der Waals surface area contributed by atoms with E-state index < -0.39 is 0 Å². The van der Waals surface area contributed by atoms with E-state index in [9.17, 15) is 4.79 Å². The van der Waals surface area contributed by atoms with Crippen LogP contribution in [0.3, 0.4) is 0 Å². The predicted molar refractivity (Wildman–Crippen MR) is 115 cm³/mol. The van der Waals surface area contributed by atoms with Gasteiger partial charge in [0.1, 0.15) is 5.75 Å². The lowest BCUT2D eigenvalue weighted by Crippen LogP contribution is -2.12. The summed E-state index contributed by atoms with van der Waals surface area (Å²) in [5.41, 5.74) is 2.13. The molecule has 1 amide bonds. The van der Waals surface area contributed by atoms with E-state index in [0.717, 1.165) is 16.2 Å². The average molecular weight is 428 g/mol. The highest BCUT2D eigenvalue weighted by Gasteiger charge is 2.15. The lowest BCUT2D eigenvalue weighted by atomic mass is 10.1. The summed E-state index contributed by atoms with van der Waals surface area (Å²) in [6, 6.07) is 18.4. The summed E-state index contributed by atoms with van der Waals surface area (Å²) >= 11 is 7.59. The van der Waals surface area contributed by atoms with Gasteiger partial charge in [0.25, 0.3) is 5.91 Å². The van der Waals surface area contributed by atoms with Gasteiger partial charge in [0, 0.05) is 38.6 Å². The molecule has 0 atom stereocenters. The van der Waals surface area contributed by atoms with Gasteiger partial charge in [0.05, 0.1) is 7.11 Å². The predicted octanol–water partition coefficient (Wildman–Crippen LogP) is 5.62. The summed E-state index contributed by atoms with van der Waals surface area (Å²) in [6.45, 7) is 0.194. The molecule has 0 spiro atoms. The van der Waals surface area contributed by atoms with Gasteiger partial charge in [-0.1, -0.05) is 11.6 Å². The highest BCUT2D eigenvalue weighted by Crippen LogP contribution is 2.34. The molecule has 1 aliphatic heterocycles. The Morgan fingerprint density at radius 1 is 1.07 bits per heavy atom. The Hall–Kier alpha value is -2.83. The second-order valence-corrected chi connectivity index (χ2v) is 7.78. The molecule has 0 saturated carbocycles. The first-order chi connectivity index (χ1) is 14.1. The molecule has 3 aromatic rings. The molecule has 5 nitrogen and oxygen atoms in total. The van der Waals surface area contributed by atoms with Crippen LogP contribution in [0.15, 0.2) is 65.6 Å². The molecule has 148 valence electrons. The van der Waals surface area contributed by atoms with Crippen LogP contribution in [0.5, 0.6) is 17.2 Å². The van der Waals surface area contributed by atoms with Crippen molar-refractivity contribution >= 4 is 35.0 Å². The molecule has 4 rings (SSSR count). The Morgan fingerprint density at radius 3 is 2.66 bits per heavy atom. The van der Waals surface area contributed by atoms with Crippen molar-refractivity contribution < 1.29 is 19.0 Å². The van der Waals surface area contributed by atoms with Crippen LogP contribution in [0.25, 0.3) is 0 Å². The molecule has 0 saturated heterocycles. The van der Waals surface area contributed by atoms with Crippen molar-refractivity contribution in [1.29, 1.82) is 0 Å². The Bertz CT molecular complexity index is 1040. The third kappa shape index (κ3) is 4.60. The summed E-state index contributed by atoms with van der Waals surface area (Å²) in [7, 11) is 1.62. The molecule has 1 aliphatic rings. The van der Waals surface area contributed by atoms with Crippen molar-refractivity contribution in [1.82, 2.24) is 0 Å². The van der Waals surface area contributed by atoms with Gasteiger partial charge in [-0.3, -0.25) is 4.79 Å². The number of hydrogen-bond acceptors (Lipinski definition) is 5. The monoisotopic (exact) mass is 427 g/mol. The first-order valence-electron chi connectivity index (χ1n) is 8.88. The number of carbonyl (C=O) groups excluding carboxylic acids is 1. The topological polar surface area (TPSA) is 56.8 Å². The lowest BCUT2D eigenvalue weighted by molar-refractivity contribution is 0.102. The van der Waals surface area contributed by atoms with Crippen molar-refractivity contribution in [2.24, 2.45) is 0 Å². The SMILES string of the molecule is COc1ccc(C(=O)Nc2ccc3c(c2)OCO3)cc1CSc1ccc(Cl)cc1. The molecule has 1 heterocycles. The summed E-state index contributed by atoms with van der Waals surface area (Å²) in [6.07, 6.45) is 0. The molecular weight excluding hydrogens is 410 g/mol. The average Bonchev–Trinajstić information content (AvgIpc) is 3.21. The van der Waals surface area contributed by atoms with E-state index in [4.69, 9.17) is 25.8 Å². The second kappa shape index (κ2) is 8.68. The number of hydrogen-bond donors (Lipinski definition) is 1. The molecule has 0 aromatic heterocycles. The van der Waals surface area contributed by atoms with Crippen LogP contribution in [0.4, 0.5) is 5.69 Å². The summed E-state index contributed by atoms with van der Waals surface area (Å²) in [5.74, 6) is 2.50. The Kier molecular flexibility index (Phi) is 5.83. The zero-order chi connectivity index (χ0) is 20.2. The molecule has 3 aromatic carbocycles. The molecule has 0 aliphatic carbocycles. The molecule has 0 unspecified atom stereocenters. The zero-order valence-electron chi connectivity index (χ0n) is 15.6. The molecule has 0 radical (unpaired) electrons. The van der Waals surface area contributed by atoms with Crippen LogP contribution in [-0.4, -0.2) is 19.8 Å². The van der Waals surface area contributed by atoms with Crippen LogP contribution < -0.4 is 19.5 Å². The fraction of sp³-hybridized carbons (Fsp3) is 0.136. The van der Waals surface area contributed by atoms with Gasteiger partial charge in [0.2, 0.25) is 6.79 Å². The van der Waals surface area contributed by atoms with Crippen molar-refractivity contribution in [3.63, 3.8) is 0 Å². The maximum atomic E-state index is 12.7. The van der Waals surface area contributed by atoms with Crippen LogP contribution in [-0.2, 0) is 5.75 Å². The molecule has 7 heteroatoms. The van der Waals surface area contributed by atoms with Crippen molar-refractivity contribution in [2.45, 2.75) is 10.6 Å². The first-order valence-corrected chi connectivity index (χ1v) is 10.2. The third-order valence-corrected chi connectivity index (χ3v) is 5.69. The maximum absolute atomic E-state index is 12.7. The number of fused-ring (bicyclic) bond motifs is 1. The summed E-state index contributed by atoms with van der Waals surface area (Å²) in [5, 5.41) is 3.60. The van der Waals surface area contributed by atoms with E-state index in [0.29, 0.717) is 33.5 Å². The number of ether oxygens (including phenoxy) is 3. The largest absolute Gasteiger partial charge is 0.496 e. The minimum absolute atomic E-state index is 0.194. The van der Waals surface area contributed by atoms with Crippen LogP contribution in [0.1, 0.15) is 15.9 Å². The second-order valence-electron chi connectivity index (χ2n) is 6.29. The Balaban J connectivity index is 1.49. The smallest absolute Gasteiger partial charge is 0.255 e. The number of benzene rings is 3. The van der Waals surface area contributed by atoms with Gasteiger partial charge in [-0.2, -0.15) is 0 Å². The van der Waals surface area contributed by atoms with E-state index in [2.05, 4.69) is 5.32 Å². The number of anilines is 1. The van der Waals surface area contributed by atoms with Crippen LogP contribution >= 0.6 is 23.4 Å². The van der Waals surface area contributed by atoms with E-state index in [1.807, 2.05) is 36.4 Å². The fourth-order valence-electron chi connectivity index (χ4n) is 2.90. The molecule has 1 N–H and O–H groups in total. The number of nitrogens with one attached hydrogen (secondary N) is 1. The van der Waals surface area contributed by atoms with Crippen molar-refractivity contribution in [2.75, 3.05) is 19.2 Å². The summed E-state index contributed by atoms with van der Waals surface area (Å²) in [4.78, 5) is 13.8. The van der Waals surface area contributed by atoms with E-state index in [1.165, 1.54) is 0 Å². The van der Waals surface area contributed by atoms with Gasteiger partial charge in [0.15, 0.2) is 11.5 Å². The number of amides is 1. The minimum atomic E-state index is -0.204. The third-order valence-electron chi connectivity index (χ3n) is 4.38. The Morgan fingerprint density at radius 2 is 1.86 bits per heavy atom. The highest BCUT2D eigenvalue weighted by molar-refractivity contribution is 7.98. The van der Waals surface area contributed by atoms with Gasteiger partial charge < -0.3 is 19.5 Å². The van der Waals surface area contributed by atoms with Gasteiger partial charge in [-0.15, -0.1) is 11.8 Å². The first kappa shape index (κ1) is 19.5. The number of carbonyl (C=O) groups is 1. The van der Waals surface area contributed by atoms with E-state index >= 15 is 0 Å². The zero-order valence-corrected chi connectivity index (χ0v) is 17.2. The van der Waals surface area contributed by atoms with Gasteiger partial charge in [-0.25, -0.2) is 0 Å².